The Morgan fingerprint density at radius 1 is 1.23 bits per heavy atom. The highest BCUT2D eigenvalue weighted by Gasteiger charge is 2.37. The Morgan fingerprint density at radius 2 is 1.96 bits per heavy atom. The number of hydrogen-bond acceptors (Lipinski definition) is 4. The minimum absolute atomic E-state index is 0.00300. The molecule has 3 rings (SSSR count). The smallest absolute Gasteiger partial charge is 0.398 e. The van der Waals surface area contributed by atoms with Crippen molar-refractivity contribution in [2.75, 3.05) is 24.1 Å². The number of alkyl halides is 3. The minimum Gasteiger partial charge on any atom is -0.398 e. The molecule has 0 spiro atoms. The number of aromatic amines is 1. The first-order valence-electron chi connectivity index (χ1n) is 7.47. The van der Waals surface area contributed by atoms with E-state index in [1.54, 1.807) is 6.07 Å². The van der Waals surface area contributed by atoms with Crippen LogP contribution >= 0.6 is 11.6 Å². The van der Waals surface area contributed by atoms with Gasteiger partial charge in [0.25, 0.3) is 17.6 Å². The molecule has 0 aliphatic carbocycles. The van der Waals surface area contributed by atoms with E-state index in [1.165, 1.54) is 12.1 Å². The summed E-state index contributed by atoms with van der Waals surface area (Å²) >= 11 is 5.82. The van der Waals surface area contributed by atoms with Crippen molar-refractivity contribution >= 4 is 34.9 Å². The second-order valence-corrected chi connectivity index (χ2v) is 5.97. The Balaban J connectivity index is 1.67. The molecular weight excluding hydrogens is 373 g/mol. The molecule has 1 aliphatic heterocycles. The molecule has 1 aliphatic rings. The number of aromatic nitrogens is 1. The van der Waals surface area contributed by atoms with Crippen LogP contribution in [0.25, 0.3) is 0 Å². The van der Waals surface area contributed by atoms with Gasteiger partial charge in [-0.2, -0.15) is 13.2 Å². The largest absolute Gasteiger partial charge is 0.419 e. The monoisotopic (exact) mass is 385 g/mol. The normalized spacial score (nSPS) is 13.9. The van der Waals surface area contributed by atoms with Gasteiger partial charge in [-0.15, -0.1) is 0 Å². The third kappa shape index (κ3) is 3.17. The van der Waals surface area contributed by atoms with Crippen LogP contribution in [0.1, 0.15) is 26.3 Å². The SMILES string of the molecule is Nc1cccc2c1C(=O)N(CCNc1[nH+]cc(C(F)(F)F)cc1Cl)C2=O. The number of hydrogen-bond donors (Lipinski definition) is 2. The Bertz CT molecular complexity index is 902. The zero-order valence-electron chi connectivity index (χ0n) is 13.2. The maximum absolute atomic E-state index is 12.6. The fraction of sp³-hybridized carbons (Fsp3) is 0.188. The minimum atomic E-state index is -4.52. The van der Waals surface area contributed by atoms with Crippen LogP contribution in [0.2, 0.25) is 5.02 Å². The topological polar surface area (TPSA) is 89.6 Å². The van der Waals surface area contributed by atoms with Crippen molar-refractivity contribution in [1.29, 1.82) is 0 Å². The lowest BCUT2D eigenvalue weighted by Gasteiger charge is -2.12. The summed E-state index contributed by atoms with van der Waals surface area (Å²) in [6.45, 7) is 0.0872. The summed E-state index contributed by atoms with van der Waals surface area (Å²) in [6, 6.07) is 5.41. The van der Waals surface area contributed by atoms with Crippen molar-refractivity contribution in [1.82, 2.24) is 4.90 Å². The number of nitrogens with two attached hydrogens (primary N) is 1. The molecule has 2 aromatic rings. The number of anilines is 2. The van der Waals surface area contributed by atoms with Crippen LogP contribution in [-0.2, 0) is 6.18 Å². The average molecular weight is 386 g/mol. The van der Waals surface area contributed by atoms with Gasteiger partial charge in [0.15, 0.2) is 0 Å². The van der Waals surface area contributed by atoms with Crippen LogP contribution in [0, 0.1) is 0 Å². The summed E-state index contributed by atoms with van der Waals surface area (Å²) in [7, 11) is 0. The number of carbonyl (C=O) groups excluding carboxylic acids is 2. The van der Waals surface area contributed by atoms with Crippen molar-refractivity contribution in [2.24, 2.45) is 0 Å². The number of halogens is 4. The first kappa shape index (κ1) is 18.0. The number of carbonyl (C=O) groups is 2. The Kier molecular flexibility index (Phi) is 4.49. The maximum atomic E-state index is 12.6. The lowest BCUT2D eigenvalue weighted by atomic mass is 10.1. The van der Waals surface area contributed by atoms with Gasteiger partial charge in [0.1, 0.15) is 17.8 Å². The third-order valence-corrected chi connectivity index (χ3v) is 4.19. The first-order valence-corrected chi connectivity index (χ1v) is 7.85. The zero-order chi connectivity index (χ0) is 19.1. The van der Waals surface area contributed by atoms with Gasteiger partial charge in [0, 0.05) is 5.69 Å². The molecule has 0 radical (unpaired) electrons. The molecule has 26 heavy (non-hydrogen) atoms. The summed E-state index contributed by atoms with van der Waals surface area (Å²) in [4.78, 5) is 28.1. The maximum Gasteiger partial charge on any atom is 0.419 e. The average Bonchev–Trinajstić information content (AvgIpc) is 2.81. The van der Waals surface area contributed by atoms with Gasteiger partial charge in [-0.1, -0.05) is 17.7 Å². The highest BCUT2D eigenvalue weighted by atomic mass is 35.5. The van der Waals surface area contributed by atoms with Crippen LogP contribution in [0.15, 0.2) is 30.5 Å². The Labute approximate surface area is 150 Å². The van der Waals surface area contributed by atoms with Gasteiger partial charge < -0.3 is 5.73 Å². The predicted molar refractivity (Wildman–Crippen MR) is 87.7 cm³/mol. The number of nitrogens with one attached hydrogen (secondary N) is 2. The lowest BCUT2D eigenvalue weighted by molar-refractivity contribution is -0.364. The molecule has 2 heterocycles. The van der Waals surface area contributed by atoms with Crippen LogP contribution in [0.3, 0.4) is 0 Å². The van der Waals surface area contributed by atoms with Crippen LogP contribution < -0.4 is 16.0 Å². The van der Waals surface area contributed by atoms with Crippen molar-refractivity contribution in [3.63, 3.8) is 0 Å². The van der Waals surface area contributed by atoms with E-state index in [4.69, 9.17) is 17.3 Å². The van der Waals surface area contributed by atoms with E-state index < -0.39 is 23.6 Å². The number of rotatable bonds is 4. The highest BCUT2D eigenvalue weighted by molar-refractivity contribution is 6.32. The van der Waals surface area contributed by atoms with Crippen molar-refractivity contribution in [3.8, 4) is 0 Å². The molecule has 0 bridgehead atoms. The molecule has 2 amide bonds. The van der Waals surface area contributed by atoms with E-state index in [0.717, 1.165) is 17.2 Å². The van der Waals surface area contributed by atoms with Gasteiger partial charge in [-0.05, 0) is 18.2 Å². The predicted octanol–water partition coefficient (Wildman–Crippen LogP) is 2.46. The molecule has 0 unspecified atom stereocenters. The molecule has 0 atom stereocenters. The van der Waals surface area contributed by atoms with Crippen LogP contribution in [0.5, 0.6) is 0 Å². The second kappa shape index (κ2) is 6.49. The fourth-order valence-corrected chi connectivity index (χ4v) is 2.86. The number of nitrogens with zero attached hydrogens (tertiary/aromatic N) is 1. The highest BCUT2D eigenvalue weighted by Crippen LogP contribution is 2.31. The van der Waals surface area contributed by atoms with E-state index in [0.29, 0.717) is 0 Å². The van der Waals surface area contributed by atoms with Gasteiger partial charge in [-0.25, -0.2) is 4.98 Å². The number of fused-ring (bicyclic) bond motifs is 1. The summed E-state index contributed by atoms with van der Waals surface area (Å²) in [5.41, 5.74) is 5.45. The van der Waals surface area contributed by atoms with Gasteiger partial charge in [-0.3, -0.25) is 19.8 Å². The molecule has 10 heteroatoms. The van der Waals surface area contributed by atoms with Crippen molar-refractivity contribution in [2.45, 2.75) is 6.18 Å². The van der Waals surface area contributed by atoms with E-state index >= 15 is 0 Å². The molecule has 6 nitrogen and oxygen atoms in total. The van der Waals surface area contributed by atoms with Crippen LogP contribution in [-0.4, -0.2) is 29.8 Å². The number of H-pyrrole nitrogens is 1. The van der Waals surface area contributed by atoms with E-state index in [-0.39, 0.29) is 40.7 Å². The molecule has 1 aromatic carbocycles. The number of benzene rings is 1. The molecule has 1 aromatic heterocycles. The zero-order valence-corrected chi connectivity index (χ0v) is 13.9. The molecular formula is C16H13ClF3N4O2+. The van der Waals surface area contributed by atoms with Gasteiger partial charge in [0.05, 0.1) is 23.2 Å². The number of nitrogen functional groups attached to an aromatic ring is 1. The molecule has 4 N–H and O–H groups in total. The molecule has 136 valence electrons. The summed E-state index contributed by atoms with van der Waals surface area (Å²) in [5.74, 6) is -0.829. The quantitative estimate of drug-likeness (QED) is 0.625. The van der Waals surface area contributed by atoms with Gasteiger partial charge in [0.2, 0.25) is 0 Å². The van der Waals surface area contributed by atoms with Crippen molar-refractivity contribution < 1.29 is 27.7 Å². The fourth-order valence-electron chi connectivity index (χ4n) is 2.62. The summed E-state index contributed by atoms with van der Waals surface area (Å²) in [6.07, 6.45) is -3.74. The van der Waals surface area contributed by atoms with E-state index in [1.807, 2.05) is 0 Å². The number of imide groups is 1. The Hall–Kier alpha value is -2.81. The second-order valence-electron chi connectivity index (χ2n) is 5.57. The molecule has 0 saturated heterocycles. The number of pyridine rings is 1. The van der Waals surface area contributed by atoms with Gasteiger partial charge >= 0.3 is 6.18 Å². The third-order valence-electron chi connectivity index (χ3n) is 3.89. The lowest BCUT2D eigenvalue weighted by Crippen LogP contribution is -2.35. The Morgan fingerprint density at radius 3 is 2.58 bits per heavy atom. The molecule has 0 saturated carbocycles. The van der Waals surface area contributed by atoms with E-state index in [2.05, 4.69) is 10.3 Å². The summed E-state index contributed by atoms with van der Waals surface area (Å²) in [5, 5.41) is 2.61. The first-order chi connectivity index (χ1) is 12.2. The standard InChI is InChI=1S/C16H12ClF3N4O2/c17-10-6-8(16(18,19)20)7-23-13(10)22-4-5-24-14(25)9-2-1-3-11(21)12(9)15(24)26/h1-3,6-7H,4-5,21H2,(H,22,23)/p+1. The van der Waals surface area contributed by atoms with E-state index in [9.17, 15) is 22.8 Å². The van der Waals surface area contributed by atoms with Crippen molar-refractivity contribution in [3.05, 3.63) is 52.2 Å². The van der Waals surface area contributed by atoms with Crippen LogP contribution in [0.4, 0.5) is 24.7 Å². The summed E-state index contributed by atoms with van der Waals surface area (Å²) < 4.78 is 37.8. The number of amides is 2. The molecule has 0 fully saturated rings.